The first-order valence-electron chi connectivity index (χ1n) is 5.44. The number of rotatable bonds is 7. The molecule has 0 aliphatic carbocycles. The molecule has 1 atom stereocenters. The molecule has 8 heteroatoms. The fourth-order valence-corrected chi connectivity index (χ4v) is 3.10. The third kappa shape index (κ3) is 4.86. The Labute approximate surface area is 129 Å². The summed E-state index contributed by atoms with van der Waals surface area (Å²) < 4.78 is 0. The Morgan fingerprint density at radius 1 is 1.25 bits per heavy atom. The van der Waals surface area contributed by atoms with Crippen LogP contribution in [0.1, 0.15) is 12.0 Å². The van der Waals surface area contributed by atoms with Gasteiger partial charge in [0.25, 0.3) is 0 Å². The molecule has 0 amide bonds. The molecule has 20 heavy (non-hydrogen) atoms. The number of aliphatic carboxylic acids is 2. The minimum Gasteiger partial charge on any atom is -0.481 e. The predicted octanol–water partition coefficient (Wildman–Crippen LogP) is 2.52. The lowest BCUT2D eigenvalue weighted by atomic mass is 10.0. The van der Waals surface area contributed by atoms with Crippen LogP contribution in [0.5, 0.6) is 0 Å². The Kier molecular flexibility index (Phi) is 6.13. The molecule has 0 aliphatic rings. The summed E-state index contributed by atoms with van der Waals surface area (Å²) in [6, 6.07) is 4.89. The van der Waals surface area contributed by atoms with E-state index in [1.807, 2.05) is 0 Å². The molecule has 0 saturated heterocycles. The van der Waals surface area contributed by atoms with Gasteiger partial charge in [-0.3, -0.25) is 4.79 Å². The molecular formula is C12H12Cl2O5S. The summed E-state index contributed by atoms with van der Waals surface area (Å²) in [5, 5.41) is 28.2. The Morgan fingerprint density at radius 3 is 2.40 bits per heavy atom. The molecule has 1 rings (SSSR count). The van der Waals surface area contributed by atoms with Crippen LogP contribution in [0.15, 0.2) is 18.2 Å². The molecular weight excluding hydrogens is 327 g/mol. The van der Waals surface area contributed by atoms with Crippen LogP contribution in [0.4, 0.5) is 0 Å². The molecule has 1 aromatic carbocycles. The van der Waals surface area contributed by atoms with Crippen LogP contribution in [0.25, 0.3) is 0 Å². The molecule has 0 radical (unpaired) electrons. The number of hydrogen-bond donors (Lipinski definition) is 3. The average Bonchev–Trinajstić information content (AvgIpc) is 2.30. The fraction of sp³-hybridized carbons (Fsp3) is 0.333. The van der Waals surface area contributed by atoms with Crippen LogP contribution in [-0.4, -0.2) is 38.6 Å². The van der Waals surface area contributed by atoms with Gasteiger partial charge in [0.2, 0.25) is 0 Å². The van der Waals surface area contributed by atoms with Crippen molar-refractivity contribution in [1.82, 2.24) is 0 Å². The largest absolute Gasteiger partial charge is 0.481 e. The van der Waals surface area contributed by atoms with Crippen molar-refractivity contribution in [2.24, 2.45) is 0 Å². The van der Waals surface area contributed by atoms with Crippen molar-refractivity contribution in [3.63, 3.8) is 0 Å². The zero-order valence-electron chi connectivity index (χ0n) is 10.2. The number of carboxylic acids is 2. The van der Waals surface area contributed by atoms with Crippen molar-refractivity contribution in [2.75, 3.05) is 5.75 Å². The highest BCUT2D eigenvalue weighted by atomic mass is 35.5. The molecule has 0 unspecified atom stereocenters. The summed E-state index contributed by atoms with van der Waals surface area (Å²) >= 11 is 12.8. The van der Waals surface area contributed by atoms with Gasteiger partial charge in [-0.15, -0.1) is 0 Å². The van der Waals surface area contributed by atoms with Crippen molar-refractivity contribution in [1.29, 1.82) is 0 Å². The van der Waals surface area contributed by atoms with E-state index in [2.05, 4.69) is 0 Å². The van der Waals surface area contributed by atoms with Crippen LogP contribution in [-0.2, 0) is 15.3 Å². The number of thioether (sulfide) groups is 1. The van der Waals surface area contributed by atoms with Crippen molar-refractivity contribution in [3.05, 3.63) is 33.8 Å². The summed E-state index contributed by atoms with van der Waals surface area (Å²) in [6.07, 6.45) is -0.857. The molecule has 0 heterocycles. The monoisotopic (exact) mass is 338 g/mol. The van der Waals surface area contributed by atoms with E-state index in [1.54, 1.807) is 18.2 Å². The summed E-state index contributed by atoms with van der Waals surface area (Å²) in [5.74, 6) is -2.85. The third-order valence-corrected chi connectivity index (χ3v) is 4.24. The highest BCUT2D eigenvalue weighted by molar-refractivity contribution is 7.98. The van der Waals surface area contributed by atoms with E-state index in [9.17, 15) is 14.7 Å². The van der Waals surface area contributed by atoms with Gasteiger partial charge in [-0.05, 0) is 17.7 Å². The second-order valence-electron chi connectivity index (χ2n) is 4.14. The minimum atomic E-state index is -2.30. The van der Waals surface area contributed by atoms with E-state index < -0.39 is 24.0 Å². The Hall–Kier alpha value is -0.950. The molecule has 0 aromatic heterocycles. The normalized spacial score (nSPS) is 13.8. The molecule has 5 nitrogen and oxygen atoms in total. The fourth-order valence-electron chi connectivity index (χ4n) is 1.41. The van der Waals surface area contributed by atoms with Gasteiger partial charge in [-0.25, -0.2) is 4.79 Å². The molecule has 3 N–H and O–H groups in total. The lowest BCUT2D eigenvalue weighted by molar-refractivity contribution is -0.162. The Bertz CT molecular complexity index is 523. The predicted molar refractivity (Wildman–Crippen MR) is 77.5 cm³/mol. The minimum absolute atomic E-state index is 0.256. The summed E-state index contributed by atoms with van der Waals surface area (Å²) in [5.41, 5.74) is -1.57. The standard InChI is InChI=1S/C12H12Cl2O5S/c13-8-2-1-7(9(14)3-8)5-20-6-12(19,11(17)18)4-10(15)16/h1-3,19H,4-6H2,(H,15,16)(H,17,18)/t12-/m1/s1. The number of carbonyl (C=O) groups is 2. The van der Waals surface area contributed by atoms with Crippen LogP contribution in [0.2, 0.25) is 10.0 Å². The highest BCUT2D eigenvalue weighted by Crippen LogP contribution is 2.27. The molecule has 1 aromatic rings. The maximum atomic E-state index is 10.9. The first-order chi connectivity index (χ1) is 9.24. The lowest BCUT2D eigenvalue weighted by Crippen LogP contribution is -2.43. The van der Waals surface area contributed by atoms with E-state index in [-0.39, 0.29) is 5.75 Å². The van der Waals surface area contributed by atoms with Crippen LogP contribution < -0.4 is 0 Å². The Morgan fingerprint density at radius 2 is 1.90 bits per heavy atom. The van der Waals surface area contributed by atoms with Crippen molar-refractivity contribution < 1.29 is 24.9 Å². The van der Waals surface area contributed by atoms with Gasteiger partial charge in [-0.1, -0.05) is 29.3 Å². The molecule has 0 aliphatic heterocycles. The van der Waals surface area contributed by atoms with E-state index in [0.29, 0.717) is 15.8 Å². The summed E-state index contributed by atoms with van der Waals surface area (Å²) in [7, 11) is 0. The lowest BCUT2D eigenvalue weighted by Gasteiger charge is -2.20. The van der Waals surface area contributed by atoms with Crippen LogP contribution >= 0.6 is 35.0 Å². The quantitative estimate of drug-likeness (QED) is 0.707. The van der Waals surface area contributed by atoms with Crippen molar-refractivity contribution in [2.45, 2.75) is 17.8 Å². The van der Waals surface area contributed by atoms with Gasteiger partial charge >= 0.3 is 11.9 Å². The molecule has 110 valence electrons. The third-order valence-electron chi connectivity index (χ3n) is 2.46. The smallest absolute Gasteiger partial charge is 0.337 e. The number of benzene rings is 1. The molecule has 0 saturated carbocycles. The van der Waals surface area contributed by atoms with Crippen LogP contribution in [0, 0.1) is 0 Å². The summed E-state index contributed by atoms with van der Waals surface area (Å²) in [6.45, 7) is 0. The maximum absolute atomic E-state index is 10.9. The first kappa shape index (κ1) is 17.1. The van der Waals surface area contributed by atoms with E-state index in [4.69, 9.17) is 33.4 Å². The maximum Gasteiger partial charge on any atom is 0.337 e. The first-order valence-corrected chi connectivity index (χ1v) is 7.35. The van der Waals surface area contributed by atoms with Crippen molar-refractivity contribution in [3.8, 4) is 0 Å². The van der Waals surface area contributed by atoms with Gasteiger partial charge in [0.1, 0.15) is 0 Å². The van der Waals surface area contributed by atoms with Gasteiger partial charge in [0, 0.05) is 21.6 Å². The van der Waals surface area contributed by atoms with E-state index in [1.165, 1.54) is 0 Å². The SMILES string of the molecule is O=C(O)C[C@@](O)(CSCc1ccc(Cl)cc1Cl)C(=O)O. The van der Waals surface area contributed by atoms with Gasteiger partial charge in [0.15, 0.2) is 5.60 Å². The zero-order valence-corrected chi connectivity index (χ0v) is 12.5. The number of carboxylic acid groups (broad SMARTS) is 2. The van der Waals surface area contributed by atoms with Crippen LogP contribution in [0.3, 0.4) is 0 Å². The highest BCUT2D eigenvalue weighted by Gasteiger charge is 2.38. The number of hydrogen-bond acceptors (Lipinski definition) is 4. The average molecular weight is 339 g/mol. The van der Waals surface area contributed by atoms with Gasteiger partial charge in [0.05, 0.1) is 6.42 Å². The zero-order chi connectivity index (χ0) is 15.3. The van der Waals surface area contributed by atoms with Gasteiger partial charge < -0.3 is 15.3 Å². The Balaban J connectivity index is 2.65. The second kappa shape index (κ2) is 7.17. The summed E-state index contributed by atoms with van der Waals surface area (Å²) in [4.78, 5) is 21.5. The molecule has 0 fully saturated rings. The number of aliphatic hydroxyl groups is 1. The molecule has 0 spiro atoms. The topological polar surface area (TPSA) is 94.8 Å². The second-order valence-corrected chi connectivity index (χ2v) is 5.97. The number of halogens is 2. The van der Waals surface area contributed by atoms with E-state index in [0.717, 1.165) is 17.3 Å². The molecule has 0 bridgehead atoms. The van der Waals surface area contributed by atoms with E-state index >= 15 is 0 Å². The van der Waals surface area contributed by atoms with Gasteiger partial charge in [-0.2, -0.15) is 11.8 Å². The van der Waals surface area contributed by atoms with Crippen molar-refractivity contribution >= 4 is 46.9 Å².